The zero-order valence-electron chi connectivity index (χ0n) is 24.9. The van der Waals surface area contributed by atoms with E-state index in [-0.39, 0.29) is 54.9 Å². The van der Waals surface area contributed by atoms with Gasteiger partial charge in [-0.1, -0.05) is 54.6 Å². The summed E-state index contributed by atoms with van der Waals surface area (Å²) in [6, 6.07) is 22.3. The maximum absolute atomic E-state index is 13.1. The van der Waals surface area contributed by atoms with Gasteiger partial charge in [0, 0.05) is 30.6 Å². The van der Waals surface area contributed by atoms with Crippen LogP contribution in [0.1, 0.15) is 60.6 Å². The van der Waals surface area contributed by atoms with Gasteiger partial charge in [-0.2, -0.15) is 0 Å². The molecule has 4 aromatic rings. The second kappa shape index (κ2) is 12.6. The molecule has 232 valence electrons. The minimum Gasteiger partial charge on any atom is -0.496 e. The van der Waals surface area contributed by atoms with Crippen molar-refractivity contribution < 1.29 is 33.5 Å². The number of carbonyl (C=O) groups excluding carboxylic acids is 6. The fourth-order valence-electron chi connectivity index (χ4n) is 5.82. The van der Waals surface area contributed by atoms with Gasteiger partial charge in [0.05, 0.1) is 24.7 Å². The first kappa shape index (κ1) is 30.2. The van der Waals surface area contributed by atoms with Gasteiger partial charge in [-0.05, 0) is 52.6 Å². The lowest BCUT2D eigenvalue weighted by Crippen LogP contribution is -2.54. The summed E-state index contributed by atoms with van der Waals surface area (Å²) in [5, 5.41) is 10.0. The molecule has 2 heterocycles. The first-order valence-electron chi connectivity index (χ1n) is 14.8. The summed E-state index contributed by atoms with van der Waals surface area (Å²) in [6.45, 7) is 0.409. The number of benzene rings is 4. The van der Waals surface area contributed by atoms with Crippen molar-refractivity contribution in [3.63, 3.8) is 0 Å². The Morgan fingerprint density at radius 2 is 1.63 bits per heavy atom. The molecule has 0 spiro atoms. The Balaban J connectivity index is 1.07. The van der Waals surface area contributed by atoms with Gasteiger partial charge in [-0.25, -0.2) is 0 Å². The molecule has 2 aliphatic rings. The highest BCUT2D eigenvalue weighted by atomic mass is 16.5. The molecular formula is C35H30N4O7. The van der Waals surface area contributed by atoms with Crippen molar-refractivity contribution in [3.8, 4) is 5.75 Å². The number of methoxy groups -OCH3 is 1. The number of nitrogens with one attached hydrogen (secondary N) is 3. The van der Waals surface area contributed by atoms with Crippen LogP contribution in [-0.2, 0) is 33.9 Å². The molecule has 6 rings (SSSR count). The Hall–Kier alpha value is -5.84. The molecule has 11 nitrogen and oxygen atoms in total. The van der Waals surface area contributed by atoms with Crippen LogP contribution in [-0.4, -0.2) is 53.5 Å². The fraction of sp³-hybridized carbons (Fsp3) is 0.200. The third-order valence-corrected chi connectivity index (χ3v) is 8.21. The zero-order chi connectivity index (χ0) is 32.4. The Labute approximate surface area is 263 Å². The maximum atomic E-state index is 13.1. The van der Waals surface area contributed by atoms with Crippen LogP contribution in [0.4, 0.5) is 0 Å². The summed E-state index contributed by atoms with van der Waals surface area (Å²) in [6.07, 6.45) is 0.304. The van der Waals surface area contributed by atoms with E-state index in [1.165, 1.54) is 25.3 Å². The number of nitrogens with zero attached hydrogens (tertiary/aromatic N) is 1. The van der Waals surface area contributed by atoms with Crippen molar-refractivity contribution in [2.45, 2.75) is 38.4 Å². The molecular weight excluding hydrogens is 588 g/mol. The predicted octanol–water partition coefficient (Wildman–Crippen LogP) is 3.04. The molecule has 0 bridgehead atoms. The number of amides is 6. The van der Waals surface area contributed by atoms with Gasteiger partial charge in [0.2, 0.25) is 17.7 Å². The van der Waals surface area contributed by atoms with E-state index >= 15 is 0 Å². The fourth-order valence-corrected chi connectivity index (χ4v) is 5.82. The average molecular weight is 619 g/mol. The molecule has 0 aliphatic carbocycles. The lowest BCUT2D eigenvalue weighted by atomic mass is 10.0. The first-order valence-corrected chi connectivity index (χ1v) is 14.8. The largest absolute Gasteiger partial charge is 0.496 e. The molecule has 6 amide bonds. The summed E-state index contributed by atoms with van der Waals surface area (Å²) >= 11 is 0. The molecule has 1 atom stereocenters. The summed E-state index contributed by atoms with van der Waals surface area (Å²) in [5.74, 6) is -2.52. The number of ether oxygens (including phenoxy) is 1. The third-order valence-electron chi connectivity index (χ3n) is 8.21. The molecule has 1 unspecified atom stereocenters. The molecule has 2 aliphatic heterocycles. The molecule has 0 aromatic heterocycles. The van der Waals surface area contributed by atoms with Crippen molar-refractivity contribution in [1.29, 1.82) is 0 Å². The summed E-state index contributed by atoms with van der Waals surface area (Å²) in [5.41, 5.74) is 2.74. The van der Waals surface area contributed by atoms with Gasteiger partial charge in [0.1, 0.15) is 11.8 Å². The lowest BCUT2D eigenvalue weighted by Gasteiger charge is -2.27. The van der Waals surface area contributed by atoms with Crippen LogP contribution in [0.5, 0.6) is 5.75 Å². The highest BCUT2D eigenvalue weighted by Gasteiger charge is 2.44. The van der Waals surface area contributed by atoms with Crippen LogP contribution >= 0.6 is 0 Å². The first-order chi connectivity index (χ1) is 22.2. The highest BCUT2D eigenvalue weighted by Crippen LogP contribution is 2.28. The molecule has 3 N–H and O–H groups in total. The highest BCUT2D eigenvalue weighted by molar-refractivity contribution is 6.24. The van der Waals surface area contributed by atoms with Gasteiger partial charge in [-0.3, -0.25) is 39.0 Å². The molecule has 11 heteroatoms. The van der Waals surface area contributed by atoms with Crippen molar-refractivity contribution in [1.82, 2.24) is 20.9 Å². The number of carbonyl (C=O) groups is 6. The van der Waals surface area contributed by atoms with Crippen molar-refractivity contribution >= 4 is 46.2 Å². The lowest BCUT2D eigenvalue weighted by molar-refractivity contribution is -0.136. The molecule has 46 heavy (non-hydrogen) atoms. The number of fused-ring (bicyclic) bond motifs is 2. The smallest absolute Gasteiger partial charge is 0.262 e. The van der Waals surface area contributed by atoms with Crippen LogP contribution in [0.2, 0.25) is 0 Å². The monoisotopic (exact) mass is 618 g/mol. The van der Waals surface area contributed by atoms with Crippen molar-refractivity contribution in [2.75, 3.05) is 7.11 Å². The quantitative estimate of drug-likeness (QED) is 0.244. The predicted molar refractivity (Wildman–Crippen MR) is 167 cm³/mol. The number of hydrogen-bond acceptors (Lipinski definition) is 7. The van der Waals surface area contributed by atoms with E-state index < -0.39 is 35.6 Å². The Morgan fingerprint density at radius 1 is 0.848 bits per heavy atom. The Morgan fingerprint density at radius 3 is 2.43 bits per heavy atom. The average Bonchev–Trinajstić information content (AvgIpc) is 3.31. The van der Waals surface area contributed by atoms with Crippen molar-refractivity contribution in [3.05, 3.63) is 112 Å². The van der Waals surface area contributed by atoms with E-state index in [4.69, 9.17) is 4.74 Å². The van der Waals surface area contributed by atoms with E-state index in [0.717, 1.165) is 32.4 Å². The van der Waals surface area contributed by atoms with Crippen LogP contribution in [0.15, 0.2) is 78.9 Å². The molecule has 0 radical (unpaired) electrons. The standard InChI is InChI=1S/C35H30N4O7/c1-46-29-15-20(9-10-24(29)19-36-31(41)17-22-7-4-6-21-5-2-3-8-25(21)22)18-37-32(42)23-11-12-26-27(16-23)35(45)39(34(26)44)28-13-14-30(40)38-33(28)43/h2-12,15-16,28H,13-14,17-19H2,1H3,(H,36,41)(H,37,42)(H,38,40,43). The molecule has 4 aromatic carbocycles. The number of hydrogen-bond donors (Lipinski definition) is 3. The Bertz CT molecular complexity index is 1930. The van der Waals surface area contributed by atoms with Gasteiger partial charge in [0.25, 0.3) is 17.7 Å². The third kappa shape index (κ3) is 5.94. The van der Waals surface area contributed by atoms with E-state index in [2.05, 4.69) is 16.0 Å². The second-order valence-corrected chi connectivity index (χ2v) is 11.1. The summed E-state index contributed by atoms with van der Waals surface area (Å²) < 4.78 is 5.55. The van der Waals surface area contributed by atoms with Gasteiger partial charge in [-0.15, -0.1) is 0 Å². The maximum Gasteiger partial charge on any atom is 0.262 e. The number of piperidine rings is 1. The van der Waals surface area contributed by atoms with E-state index in [1.54, 1.807) is 6.07 Å². The molecule has 0 saturated carbocycles. The number of rotatable bonds is 9. The van der Waals surface area contributed by atoms with Crippen molar-refractivity contribution in [2.24, 2.45) is 0 Å². The zero-order valence-corrected chi connectivity index (χ0v) is 24.9. The van der Waals surface area contributed by atoms with Crippen LogP contribution < -0.4 is 20.7 Å². The summed E-state index contributed by atoms with van der Waals surface area (Å²) in [7, 11) is 1.53. The van der Waals surface area contributed by atoms with Gasteiger partial charge < -0.3 is 15.4 Å². The van der Waals surface area contributed by atoms with Crippen LogP contribution in [0.3, 0.4) is 0 Å². The topological polar surface area (TPSA) is 151 Å². The minimum absolute atomic E-state index is 0.0176. The van der Waals surface area contributed by atoms with E-state index in [0.29, 0.717) is 5.75 Å². The van der Waals surface area contributed by atoms with E-state index in [1.807, 2.05) is 54.6 Å². The minimum atomic E-state index is -1.09. The normalized spacial score (nSPS) is 15.8. The molecule has 1 fully saturated rings. The Kier molecular flexibility index (Phi) is 8.30. The van der Waals surface area contributed by atoms with Crippen LogP contribution in [0.25, 0.3) is 10.8 Å². The van der Waals surface area contributed by atoms with Crippen LogP contribution in [0, 0.1) is 0 Å². The van der Waals surface area contributed by atoms with Gasteiger partial charge in [0.15, 0.2) is 0 Å². The van der Waals surface area contributed by atoms with Gasteiger partial charge >= 0.3 is 0 Å². The summed E-state index contributed by atoms with van der Waals surface area (Å²) in [4.78, 5) is 76.5. The molecule has 1 saturated heterocycles. The second-order valence-electron chi connectivity index (χ2n) is 11.1. The SMILES string of the molecule is COc1cc(CNC(=O)c2ccc3c(c2)C(=O)N(C2CCC(=O)NC2=O)C3=O)ccc1CNC(=O)Cc1cccc2ccccc12. The number of imide groups is 2. The van der Waals surface area contributed by atoms with E-state index in [9.17, 15) is 28.8 Å².